The average Bonchev–Trinajstić information content (AvgIpc) is 2.37. The summed E-state index contributed by atoms with van der Waals surface area (Å²) in [5, 5.41) is 0. The number of carbonyl (C=O) groups is 1. The molecule has 0 N–H and O–H groups in total. The van der Waals surface area contributed by atoms with Gasteiger partial charge in [-0.15, -0.1) is 0 Å². The van der Waals surface area contributed by atoms with Crippen LogP contribution in [0.5, 0.6) is 5.75 Å². The summed E-state index contributed by atoms with van der Waals surface area (Å²) in [6.07, 6.45) is 2.57. The molecule has 1 aromatic rings. The highest BCUT2D eigenvalue weighted by Crippen LogP contribution is 2.31. The third-order valence-corrected chi connectivity index (χ3v) is 3.05. The van der Waals surface area contributed by atoms with Crippen molar-refractivity contribution in [2.75, 3.05) is 6.61 Å². The summed E-state index contributed by atoms with van der Waals surface area (Å²) in [4.78, 5) is 11.8. The first-order chi connectivity index (χ1) is 8.65. The lowest BCUT2D eigenvalue weighted by molar-refractivity contribution is -0.139. The van der Waals surface area contributed by atoms with E-state index in [4.69, 9.17) is 9.47 Å². The largest absolute Gasteiger partial charge is 0.485 e. The molecule has 3 heteroatoms. The first-order valence-electron chi connectivity index (χ1n) is 6.34. The molecular formula is C15H18O3. The number of benzene rings is 1. The van der Waals surface area contributed by atoms with Gasteiger partial charge in [0.2, 0.25) is 0 Å². The molecule has 0 radical (unpaired) electrons. The predicted octanol–water partition coefficient (Wildman–Crippen LogP) is 2.98. The van der Waals surface area contributed by atoms with Gasteiger partial charge < -0.3 is 9.47 Å². The summed E-state index contributed by atoms with van der Waals surface area (Å²) in [6, 6.07) is 6.07. The molecule has 1 aromatic carbocycles. The summed E-state index contributed by atoms with van der Waals surface area (Å²) in [7, 11) is 0. The van der Waals surface area contributed by atoms with E-state index in [0.29, 0.717) is 12.2 Å². The molecule has 1 atom stereocenters. The number of esters is 1. The van der Waals surface area contributed by atoms with Gasteiger partial charge in [-0.05, 0) is 38.0 Å². The fraction of sp³-hybridized carbons (Fsp3) is 0.400. The second-order valence-corrected chi connectivity index (χ2v) is 4.31. The molecule has 1 aliphatic rings. The van der Waals surface area contributed by atoms with E-state index in [1.54, 1.807) is 6.92 Å². The molecule has 0 saturated heterocycles. The first-order valence-corrected chi connectivity index (χ1v) is 6.34. The zero-order valence-electron chi connectivity index (χ0n) is 11.0. The lowest BCUT2D eigenvalue weighted by Crippen LogP contribution is -2.25. The third-order valence-electron chi connectivity index (χ3n) is 3.05. The predicted molar refractivity (Wildman–Crippen MR) is 70.5 cm³/mol. The number of fused-ring (bicyclic) bond motifs is 1. The van der Waals surface area contributed by atoms with Gasteiger partial charge in [-0.3, -0.25) is 0 Å². The Morgan fingerprint density at radius 3 is 2.83 bits per heavy atom. The Morgan fingerprint density at radius 1 is 1.39 bits per heavy atom. The lowest BCUT2D eigenvalue weighted by atomic mass is 10.0. The Balaban J connectivity index is 2.34. The topological polar surface area (TPSA) is 35.5 Å². The molecule has 0 spiro atoms. The van der Waals surface area contributed by atoms with E-state index < -0.39 is 0 Å². The molecule has 1 heterocycles. The van der Waals surface area contributed by atoms with Crippen molar-refractivity contribution in [1.29, 1.82) is 0 Å². The maximum atomic E-state index is 11.8. The second-order valence-electron chi connectivity index (χ2n) is 4.31. The molecule has 3 nitrogen and oxygen atoms in total. The maximum absolute atomic E-state index is 11.8. The quantitative estimate of drug-likeness (QED) is 0.769. The van der Waals surface area contributed by atoms with Crippen molar-refractivity contribution in [1.82, 2.24) is 0 Å². The maximum Gasteiger partial charge on any atom is 0.337 e. The van der Waals surface area contributed by atoms with Crippen LogP contribution in [0, 0.1) is 0 Å². The molecule has 1 aliphatic heterocycles. The number of aryl methyl sites for hydroxylation is 1. The highest BCUT2D eigenvalue weighted by Gasteiger charge is 2.25. The van der Waals surface area contributed by atoms with Gasteiger partial charge in [0.15, 0.2) is 0 Å². The number of carbonyl (C=O) groups excluding carboxylic acids is 1. The molecule has 0 fully saturated rings. The summed E-state index contributed by atoms with van der Waals surface area (Å²) in [6.45, 7) is 6.15. The zero-order valence-corrected chi connectivity index (χ0v) is 11.0. The van der Waals surface area contributed by atoms with Gasteiger partial charge in [-0.2, -0.15) is 0 Å². The highest BCUT2D eigenvalue weighted by molar-refractivity contribution is 5.96. The van der Waals surface area contributed by atoms with Gasteiger partial charge in [-0.1, -0.05) is 19.1 Å². The Hall–Kier alpha value is -1.77. The minimum atomic E-state index is -0.296. The number of ether oxygens (including phenoxy) is 2. The van der Waals surface area contributed by atoms with Crippen molar-refractivity contribution in [2.24, 2.45) is 0 Å². The van der Waals surface area contributed by atoms with Gasteiger partial charge in [0.05, 0.1) is 12.2 Å². The molecule has 18 heavy (non-hydrogen) atoms. The van der Waals surface area contributed by atoms with Crippen LogP contribution < -0.4 is 4.74 Å². The van der Waals surface area contributed by atoms with Crippen LogP contribution >= 0.6 is 0 Å². The number of hydrogen-bond acceptors (Lipinski definition) is 3. The van der Waals surface area contributed by atoms with Crippen LogP contribution in [0.3, 0.4) is 0 Å². The standard InChI is InChI=1S/C15H18O3/c1-4-11-6-7-12-9-13(15(16)17-5-2)10(3)18-14(12)8-11/h6-10H,4-5H2,1-3H3. The molecule has 1 unspecified atom stereocenters. The van der Waals surface area contributed by atoms with Gasteiger partial charge >= 0.3 is 5.97 Å². The molecule has 2 rings (SSSR count). The van der Waals surface area contributed by atoms with Crippen LogP contribution in [0.1, 0.15) is 31.9 Å². The summed E-state index contributed by atoms with van der Waals surface area (Å²) < 4.78 is 10.8. The van der Waals surface area contributed by atoms with Crippen LogP contribution in [0.25, 0.3) is 6.08 Å². The monoisotopic (exact) mass is 246 g/mol. The Bertz CT molecular complexity index is 489. The van der Waals surface area contributed by atoms with Crippen molar-refractivity contribution in [3.63, 3.8) is 0 Å². The molecule has 0 amide bonds. The van der Waals surface area contributed by atoms with Crippen LogP contribution in [0.2, 0.25) is 0 Å². The van der Waals surface area contributed by atoms with Crippen LogP contribution in [0.4, 0.5) is 0 Å². The van der Waals surface area contributed by atoms with E-state index in [9.17, 15) is 4.79 Å². The average molecular weight is 246 g/mol. The molecule has 0 saturated carbocycles. The van der Waals surface area contributed by atoms with E-state index >= 15 is 0 Å². The van der Waals surface area contributed by atoms with Gasteiger partial charge in [-0.25, -0.2) is 4.79 Å². The highest BCUT2D eigenvalue weighted by atomic mass is 16.5. The minimum Gasteiger partial charge on any atom is -0.485 e. The SMILES string of the molecule is CCOC(=O)C1=Cc2ccc(CC)cc2OC1C. The van der Waals surface area contributed by atoms with E-state index in [1.807, 2.05) is 25.1 Å². The van der Waals surface area contributed by atoms with Crippen LogP contribution in [0.15, 0.2) is 23.8 Å². The Labute approximate surface area is 107 Å². The molecule has 96 valence electrons. The van der Waals surface area contributed by atoms with Crippen molar-refractivity contribution in [3.8, 4) is 5.75 Å². The smallest absolute Gasteiger partial charge is 0.337 e. The number of hydrogen-bond donors (Lipinski definition) is 0. The lowest BCUT2D eigenvalue weighted by Gasteiger charge is -2.23. The van der Waals surface area contributed by atoms with Crippen molar-refractivity contribution in [2.45, 2.75) is 33.3 Å². The second kappa shape index (κ2) is 5.25. The third kappa shape index (κ3) is 2.40. The van der Waals surface area contributed by atoms with Crippen molar-refractivity contribution < 1.29 is 14.3 Å². The summed E-state index contributed by atoms with van der Waals surface area (Å²) in [5.41, 5.74) is 2.75. The minimum absolute atomic E-state index is 0.261. The van der Waals surface area contributed by atoms with E-state index in [2.05, 4.69) is 13.0 Å². The Morgan fingerprint density at radius 2 is 2.17 bits per heavy atom. The molecule has 0 aliphatic carbocycles. The summed E-state index contributed by atoms with van der Waals surface area (Å²) >= 11 is 0. The van der Waals surface area contributed by atoms with E-state index in [1.165, 1.54) is 5.56 Å². The van der Waals surface area contributed by atoms with Gasteiger partial charge in [0, 0.05) is 5.56 Å². The fourth-order valence-corrected chi connectivity index (χ4v) is 2.00. The number of rotatable bonds is 3. The Kier molecular flexibility index (Phi) is 3.70. The zero-order chi connectivity index (χ0) is 13.1. The van der Waals surface area contributed by atoms with Crippen LogP contribution in [-0.2, 0) is 16.0 Å². The van der Waals surface area contributed by atoms with E-state index in [-0.39, 0.29) is 12.1 Å². The van der Waals surface area contributed by atoms with Gasteiger partial charge in [0.25, 0.3) is 0 Å². The van der Waals surface area contributed by atoms with Crippen molar-refractivity contribution >= 4 is 12.0 Å². The van der Waals surface area contributed by atoms with Gasteiger partial charge in [0.1, 0.15) is 11.9 Å². The van der Waals surface area contributed by atoms with Crippen molar-refractivity contribution in [3.05, 3.63) is 34.9 Å². The first kappa shape index (κ1) is 12.7. The molecule has 0 aromatic heterocycles. The molecule has 0 bridgehead atoms. The fourth-order valence-electron chi connectivity index (χ4n) is 2.00. The normalized spacial score (nSPS) is 17.5. The van der Waals surface area contributed by atoms with Crippen LogP contribution in [-0.4, -0.2) is 18.7 Å². The van der Waals surface area contributed by atoms with E-state index in [0.717, 1.165) is 17.7 Å². The summed E-state index contributed by atoms with van der Waals surface area (Å²) in [5.74, 6) is 0.546. The molecular weight excluding hydrogens is 228 g/mol.